The number of hydrogen-bond acceptors (Lipinski definition) is 2. The van der Waals surface area contributed by atoms with E-state index in [-0.39, 0.29) is 17.0 Å². The lowest BCUT2D eigenvalue weighted by molar-refractivity contribution is 0.0855. The topological polar surface area (TPSA) is 21.6 Å². The van der Waals surface area contributed by atoms with Gasteiger partial charge < -0.3 is 4.84 Å². The molecule has 1 aromatic carbocycles. The molecule has 92 valence electrons. The Balaban J connectivity index is 2.25. The second-order valence-corrected chi connectivity index (χ2v) is 4.51. The third-order valence-electron chi connectivity index (χ3n) is 2.52. The van der Waals surface area contributed by atoms with Gasteiger partial charge in [0, 0.05) is 12.0 Å². The van der Waals surface area contributed by atoms with Gasteiger partial charge in [-0.25, -0.2) is 13.2 Å². The zero-order chi connectivity index (χ0) is 12.6. The van der Waals surface area contributed by atoms with Gasteiger partial charge in [-0.3, -0.25) is 0 Å². The maximum Gasteiger partial charge on any atom is 0.194 e. The van der Waals surface area contributed by atoms with Gasteiger partial charge in [0.05, 0.1) is 11.1 Å². The lowest BCUT2D eigenvalue weighted by Gasteiger charge is -2.09. The zero-order valence-electron chi connectivity index (χ0n) is 8.88. The van der Waals surface area contributed by atoms with E-state index in [1.165, 1.54) is 0 Å². The van der Waals surface area contributed by atoms with Crippen molar-refractivity contribution in [3.63, 3.8) is 0 Å². The van der Waals surface area contributed by atoms with E-state index in [1.54, 1.807) is 6.92 Å². The average Bonchev–Trinajstić information content (AvgIpc) is 2.74. The first-order valence-corrected chi connectivity index (χ1v) is 5.44. The van der Waals surface area contributed by atoms with Crippen LogP contribution in [0.15, 0.2) is 17.3 Å². The van der Waals surface area contributed by atoms with E-state index in [2.05, 4.69) is 5.16 Å². The van der Waals surface area contributed by atoms with Crippen LogP contribution in [-0.2, 0) is 4.84 Å². The van der Waals surface area contributed by atoms with Crippen molar-refractivity contribution in [1.29, 1.82) is 0 Å². The minimum Gasteiger partial charge on any atom is -0.390 e. The molecule has 0 bridgehead atoms. The standard InChI is InChI=1S/C11H9ClF3NO/c1-5(12)10-4-9(16-17-10)6-2-7(13)11(15)8(14)3-6/h2-3,5,10H,4H2,1H3. The van der Waals surface area contributed by atoms with Gasteiger partial charge >= 0.3 is 0 Å². The van der Waals surface area contributed by atoms with Crippen LogP contribution in [0.5, 0.6) is 0 Å². The fraction of sp³-hybridized carbons (Fsp3) is 0.364. The summed E-state index contributed by atoms with van der Waals surface area (Å²) in [7, 11) is 0. The normalized spacial score (nSPS) is 21.0. The second-order valence-electron chi connectivity index (χ2n) is 3.82. The molecule has 0 radical (unpaired) electrons. The van der Waals surface area contributed by atoms with Gasteiger partial charge in [0.15, 0.2) is 17.5 Å². The van der Waals surface area contributed by atoms with Gasteiger partial charge in [-0.1, -0.05) is 5.16 Å². The first-order chi connectivity index (χ1) is 7.99. The van der Waals surface area contributed by atoms with Crippen LogP contribution in [0.4, 0.5) is 13.2 Å². The monoisotopic (exact) mass is 263 g/mol. The van der Waals surface area contributed by atoms with Gasteiger partial charge in [0.25, 0.3) is 0 Å². The molecule has 0 aromatic heterocycles. The molecule has 17 heavy (non-hydrogen) atoms. The van der Waals surface area contributed by atoms with E-state index < -0.39 is 17.5 Å². The summed E-state index contributed by atoms with van der Waals surface area (Å²) in [5.74, 6) is -3.98. The largest absolute Gasteiger partial charge is 0.390 e. The van der Waals surface area contributed by atoms with Crippen molar-refractivity contribution in [2.75, 3.05) is 0 Å². The van der Waals surface area contributed by atoms with Gasteiger partial charge in [0.1, 0.15) is 6.10 Å². The zero-order valence-corrected chi connectivity index (χ0v) is 9.64. The van der Waals surface area contributed by atoms with Crippen molar-refractivity contribution in [2.24, 2.45) is 5.16 Å². The number of rotatable bonds is 2. The number of nitrogens with zero attached hydrogens (tertiary/aromatic N) is 1. The molecule has 1 aliphatic heterocycles. The summed E-state index contributed by atoms with van der Waals surface area (Å²) in [6.45, 7) is 1.73. The molecular weight excluding hydrogens is 255 g/mol. The molecule has 2 nitrogen and oxygen atoms in total. The van der Waals surface area contributed by atoms with Crippen molar-refractivity contribution in [1.82, 2.24) is 0 Å². The average molecular weight is 264 g/mol. The fourth-order valence-corrected chi connectivity index (χ4v) is 1.67. The van der Waals surface area contributed by atoms with Crippen LogP contribution in [0, 0.1) is 17.5 Å². The highest BCUT2D eigenvalue weighted by Crippen LogP contribution is 2.23. The summed E-state index contributed by atoms with van der Waals surface area (Å²) < 4.78 is 38.8. The SMILES string of the molecule is CC(Cl)C1CC(c2cc(F)c(F)c(F)c2)=NO1. The summed E-state index contributed by atoms with van der Waals surface area (Å²) in [6.07, 6.45) is 0.0117. The highest BCUT2D eigenvalue weighted by atomic mass is 35.5. The third kappa shape index (κ3) is 2.39. The summed E-state index contributed by atoms with van der Waals surface area (Å²) in [4.78, 5) is 5.01. The Morgan fingerprint density at radius 3 is 2.41 bits per heavy atom. The summed E-state index contributed by atoms with van der Waals surface area (Å²) in [5, 5.41) is 3.43. The van der Waals surface area contributed by atoms with Crippen LogP contribution in [0.1, 0.15) is 18.9 Å². The molecule has 2 rings (SSSR count). The molecule has 2 atom stereocenters. The molecule has 1 aromatic rings. The van der Waals surface area contributed by atoms with Crippen LogP contribution in [0.2, 0.25) is 0 Å². The number of benzene rings is 1. The summed E-state index contributed by atoms with van der Waals surface area (Å²) >= 11 is 5.82. The minimum atomic E-state index is -1.49. The van der Waals surface area contributed by atoms with E-state index in [9.17, 15) is 13.2 Å². The maximum absolute atomic E-state index is 13.0. The summed E-state index contributed by atoms with van der Waals surface area (Å²) in [5.41, 5.74) is 0.529. The van der Waals surface area contributed by atoms with Gasteiger partial charge in [-0.15, -0.1) is 11.6 Å². The van der Waals surface area contributed by atoms with Crippen LogP contribution in [-0.4, -0.2) is 17.2 Å². The first-order valence-electron chi connectivity index (χ1n) is 5.00. The fourth-order valence-electron chi connectivity index (χ4n) is 1.54. The van der Waals surface area contributed by atoms with E-state index in [4.69, 9.17) is 16.4 Å². The second kappa shape index (κ2) is 4.56. The number of alkyl halides is 1. The van der Waals surface area contributed by atoms with Crippen LogP contribution in [0.25, 0.3) is 0 Å². The molecule has 1 aliphatic rings. The van der Waals surface area contributed by atoms with Crippen molar-refractivity contribution in [2.45, 2.75) is 24.8 Å². The summed E-state index contributed by atoms with van der Waals surface area (Å²) in [6, 6.07) is 1.78. The van der Waals surface area contributed by atoms with Crippen LogP contribution in [0.3, 0.4) is 0 Å². The van der Waals surface area contributed by atoms with E-state index >= 15 is 0 Å². The van der Waals surface area contributed by atoms with E-state index in [0.29, 0.717) is 12.1 Å². The number of hydrogen-bond donors (Lipinski definition) is 0. The first kappa shape index (κ1) is 12.2. The molecule has 6 heteroatoms. The molecule has 0 amide bonds. The Morgan fingerprint density at radius 1 is 1.35 bits per heavy atom. The van der Waals surface area contributed by atoms with Crippen LogP contribution >= 0.6 is 11.6 Å². The Kier molecular flexibility index (Phi) is 3.28. The minimum absolute atomic E-state index is 0.168. The lowest BCUT2D eigenvalue weighted by atomic mass is 10.0. The predicted octanol–water partition coefficient (Wildman–Crippen LogP) is 3.22. The maximum atomic E-state index is 13.0. The number of halogens is 4. The Bertz CT molecular complexity index is 453. The Labute approximate surface area is 101 Å². The highest BCUT2D eigenvalue weighted by molar-refractivity contribution is 6.21. The molecule has 0 fully saturated rings. The highest BCUT2D eigenvalue weighted by Gasteiger charge is 2.27. The molecular formula is C11H9ClF3NO. The van der Waals surface area contributed by atoms with Crippen molar-refractivity contribution >= 4 is 17.3 Å². The molecule has 0 saturated heterocycles. The smallest absolute Gasteiger partial charge is 0.194 e. The van der Waals surface area contributed by atoms with Crippen molar-refractivity contribution < 1.29 is 18.0 Å². The molecule has 2 unspecified atom stereocenters. The molecule has 0 saturated carbocycles. The molecule has 1 heterocycles. The molecule has 0 spiro atoms. The van der Waals surface area contributed by atoms with Gasteiger partial charge in [0.2, 0.25) is 0 Å². The van der Waals surface area contributed by atoms with E-state index in [1.807, 2.05) is 0 Å². The lowest BCUT2D eigenvalue weighted by Crippen LogP contribution is -2.18. The Hall–Kier alpha value is -1.23. The van der Waals surface area contributed by atoms with E-state index in [0.717, 1.165) is 12.1 Å². The molecule has 0 aliphatic carbocycles. The van der Waals surface area contributed by atoms with Crippen LogP contribution < -0.4 is 0 Å². The Morgan fingerprint density at radius 2 is 1.94 bits per heavy atom. The van der Waals surface area contributed by atoms with Gasteiger partial charge in [-0.2, -0.15) is 0 Å². The quantitative estimate of drug-likeness (QED) is 0.593. The van der Waals surface area contributed by atoms with Gasteiger partial charge in [-0.05, 0) is 19.1 Å². The predicted molar refractivity (Wildman–Crippen MR) is 57.7 cm³/mol. The van der Waals surface area contributed by atoms with Crippen molar-refractivity contribution in [3.8, 4) is 0 Å². The molecule has 0 N–H and O–H groups in total. The third-order valence-corrected chi connectivity index (χ3v) is 2.80. The van der Waals surface area contributed by atoms with Crippen molar-refractivity contribution in [3.05, 3.63) is 35.1 Å². The number of oxime groups is 1.